The van der Waals surface area contributed by atoms with E-state index in [1.807, 2.05) is 24.4 Å². The molecule has 142 valence electrons. The van der Waals surface area contributed by atoms with Crippen molar-refractivity contribution >= 4 is 16.9 Å². The van der Waals surface area contributed by atoms with Crippen molar-refractivity contribution in [3.63, 3.8) is 0 Å². The average molecular weight is 377 g/mol. The number of carboxylic acid groups (broad SMARTS) is 1. The molecule has 6 heteroatoms. The van der Waals surface area contributed by atoms with E-state index in [-0.39, 0.29) is 18.1 Å². The van der Waals surface area contributed by atoms with E-state index in [4.69, 9.17) is 0 Å². The van der Waals surface area contributed by atoms with Gasteiger partial charge < -0.3 is 9.67 Å². The van der Waals surface area contributed by atoms with E-state index in [0.717, 1.165) is 35.0 Å². The lowest BCUT2D eigenvalue weighted by molar-refractivity contribution is 0.0684. The van der Waals surface area contributed by atoms with E-state index < -0.39 is 5.97 Å². The van der Waals surface area contributed by atoms with Gasteiger partial charge in [0.1, 0.15) is 11.5 Å². The van der Waals surface area contributed by atoms with Gasteiger partial charge in [-0.1, -0.05) is 37.3 Å². The molecule has 0 spiro atoms. The van der Waals surface area contributed by atoms with Gasteiger partial charge in [-0.3, -0.25) is 4.68 Å². The summed E-state index contributed by atoms with van der Waals surface area (Å²) < 4.78 is 16.8. The van der Waals surface area contributed by atoms with E-state index in [0.29, 0.717) is 5.69 Å². The molecule has 0 unspecified atom stereocenters. The van der Waals surface area contributed by atoms with Crippen LogP contribution in [0.15, 0.2) is 60.8 Å². The van der Waals surface area contributed by atoms with Gasteiger partial charge in [-0.25, -0.2) is 9.18 Å². The fourth-order valence-electron chi connectivity index (χ4n) is 3.48. The minimum absolute atomic E-state index is 0.103. The predicted octanol–water partition coefficient (Wildman–Crippen LogP) is 4.80. The molecular formula is C22H20FN3O2. The van der Waals surface area contributed by atoms with Crippen LogP contribution in [0.4, 0.5) is 4.39 Å². The van der Waals surface area contributed by atoms with Crippen LogP contribution in [0.1, 0.15) is 29.4 Å². The Kier molecular flexibility index (Phi) is 4.69. The summed E-state index contributed by atoms with van der Waals surface area (Å²) in [4.78, 5) is 11.8. The highest BCUT2D eigenvalue weighted by atomic mass is 19.1. The molecule has 4 rings (SSSR count). The Morgan fingerprint density at radius 3 is 2.61 bits per heavy atom. The smallest absolute Gasteiger partial charge is 0.354 e. The number of hydrogen-bond donors (Lipinski definition) is 1. The number of rotatable bonds is 6. The fourth-order valence-corrected chi connectivity index (χ4v) is 3.48. The molecule has 28 heavy (non-hydrogen) atoms. The number of carboxylic acids is 1. The van der Waals surface area contributed by atoms with Crippen LogP contribution in [0.5, 0.6) is 0 Å². The number of fused-ring (bicyclic) bond motifs is 1. The van der Waals surface area contributed by atoms with Crippen molar-refractivity contribution in [2.45, 2.75) is 26.4 Å². The van der Waals surface area contributed by atoms with Gasteiger partial charge in [0, 0.05) is 29.2 Å². The largest absolute Gasteiger partial charge is 0.477 e. The van der Waals surface area contributed by atoms with E-state index in [1.54, 1.807) is 18.2 Å². The first-order chi connectivity index (χ1) is 13.6. The third-order valence-electron chi connectivity index (χ3n) is 4.77. The molecule has 1 N–H and O–H groups in total. The molecule has 0 aliphatic carbocycles. The van der Waals surface area contributed by atoms with E-state index in [2.05, 4.69) is 22.7 Å². The van der Waals surface area contributed by atoms with E-state index >= 15 is 0 Å². The van der Waals surface area contributed by atoms with Crippen molar-refractivity contribution in [3.05, 3.63) is 77.9 Å². The second-order valence-corrected chi connectivity index (χ2v) is 6.76. The minimum Gasteiger partial charge on any atom is -0.477 e. The molecule has 2 aromatic heterocycles. The van der Waals surface area contributed by atoms with Crippen LogP contribution in [0.25, 0.3) is 22.2 Å². The van der Waals surface area contributed by atoms with Crippen molar-refractivity contribution < 1.29 is 14.3 Å². The molecule has 5 nitrogen and oxygen atoms in total. The molecule has 0 fully saturated rings. The monoisotopic (exact) mass is 377 g/mol. The Labute approximate surface area is 161 Å². The number of carbonyl (C=O) groups is 1. The van der Waals surface area contributed by atoms with Gasteiger partial charge >= 0.3 is 5.97 Å². The number of aromatic nitrogens is 3. The van der Waals surface area contributed by atoms with Crippen molar-refractivity contribution in [1.82, 2.24) is 14.3 Å². The summed E-state index contributed by atoms with van der Waals surface area (Å²) in [6.45, 7) is 3.26. The number of hydrogen-bond acceptors (Lipinski definition) is 2. The molecule has 2 aromatic carbocycles. The van der Waals surface area contributed by atoms with Crippen molar-refractivity contribution in [2.24, 2.45) is 0 Å². The Morgan fingerprint density at radius 2 is 1.89 bits per heavy atom. The highest BCUT2D eigenvalue weighted by Crippen LogP contribution is 2.30. The van der Waals surface area contributed by atoms with Crippen LogP contribution in [-0.4, -0.2) is 25.4 Å². The summed E-state index contributed by atoms with van der Waals surface area (Å²) in [5.41, 5.74) is 3.51. The molecule has 0 atom stereocenters. The lowest BCUT2D eigenvalue weighted by Crippen LogP contribution is -2.10. The maximum atomic E-state index is 13.2. The molecule has 4 aromatic rings. The third kappa shape index (κ3) is 3.29. The Bertz CT molecular complexity index is 1140. The van der Waals surface area contributed by atoms with E-state index in [1.165, 1.54) is 16.8 Å². The zero-order valence-corrected chi connectivity index (χ0v) is 15.5. The molecule has 2 heterocycles. The first-order valence-corrected chi connectivity index (χ1v) is 9.20. The number of aryl methyl sites for hydroxylation is 1. The summed E-state index contributed by atoms with van der Waals surface area (Å²) in [6.07, 6.45) is 3.03. The summed E-state index contributed by atoms with van der Waals surface area (Å²) in [5.74, 6) is -1.37. The maximum absolute atomic E-state index is 13.2. The van der Waals surface area contributed by atoms with Crippen molar-refractivity contribution in [3.8, 4) is 11.3 Å². The Hall–Kier alpha value is -3.41. The summed E-state index contributed by atoms with van der Waals surface area (Å²) in [7, 11) is 0. The van der Waals surface area contributed by atoms with Crippen LogP contribution in [0, 0.1) is 5.82 Å². The molecule has 0 aliphatic rings. The highest BCUT2D eigenvalue weighted by molar-refractivity contribution is 5.96. The maximum Gasteiger partial charge on any atom is 0.354 e. The molecule has 0 aliphatic heterocycles. The molecule has 0 saturated heterocycles. The number of benzene rings is 2. The molecule has 0 saturated carbocycles. The predicted molar refractivity (Wildman–Crippen MR) is 106 cm³/mol. The van der Waals surface area contributed by atoms with Crippen molar-refractivity contribution in [1.29, 1.82) is 0 Å². The first-order valence-electron chi connectivity index (χ1n) is 9.20. The molecule has 0 amide bonds. The van der Waals surface area contributed by atoms with E-state index in [9.17, 15) is 14.3 Å². The summed E-state index contributed by atoms with van der Waals surface area (Å²) in [5, 5.41) is 15.2. The van der Waals surface area contributed by atoms with Gasteiger partial charge in [0.2, 0.25) is 0 Å². The molecule has 0 radical (unpaired) electrons. The number of nitrogens with zero attached hydrogens (tertiary/aromatic N) is 3. The van der Waals surface area contributed by atoms with Gasteiger partial charge in [-0.05, 0) is 36.2 Å². The number of para-hydroxylation sites is 1. The van der Waals surface area contributed by atoms with Gasteiger partial charge in [-0.2, -0.15) is 5.10 Å². The minimum atomic E-state index is -1.04. The Morgan fingerprint density at radius 1 is 1.14 bits per heavy atom. The lowest BCUT2D eigenvalue weighted by Gasteiger charge is -2.04. The third-order valence-corrected chi connectivity index (χ3v) is 4.77. The van der Waals surface area contributed by atoms with Gasteiger partial charge in [-0.15, -0.1) is 0 Å². The van der Waals surface area contributed by atoms with Gasteiger partial charge in [0.05, 0.1) is 12.2 Å². The molecule has 0 bridgehead atoms. The normalized spacial score (nSPS) is 11.2. The van der Waals surface area contributed by atoms with Crippen LogP contribution in [0.2, 0.25) is 0 Å². The van der Waals surface area contributed by atoms with Crippen molar-refractivity contribution in [2.75, 3.05) is 0 Å². The second kappa shape index (κ2) is 7.31. The summed E-state index contributed by atoms with van der Waals surface area (Å²) >= 11 is 0. The topological polar surface area (TPSA) is 60.1 Å². The quantitative estimate of drug-likeness (QED) is 0.525. The zero-order chi connectivity index (χ0) is 19.7. The fraction of sp³-hybridized carbons (Fsp3) is 0.182. The van der Waals surface area contributed by atoms with Gasteiger partial charge in [0.15, 0.2) is 0 Å². The number of halogens is 1. The highest BCUT2D eigenvalue weighted by Gasteiger charge is 2.18. The standard InChI is InChI=1S/C22H20FN3O2/c1-2-11-25-14-18(17-5-3-4-6-20(17)25)19-12-21(22(27)28)26(24-19)13-15-7-9-16(23)10-8-15/h3-10,12,14H,2,11,13H2,1H3,(H,27,28). The average Bonchev–Trinajstić information content (AvgIpc) is 3.26. The zero-order valence-electron chi connectivity index (χ0n) is 15.5. The lowest BCUT2D eigenvalue weighted by atomic mass is 10.1. The van der Waals surface area contributed by atoms with Crippen LogP contribution in [-0.2, 0) is 13.1 Å². The SMILES string of the molecule is CCCn1cc(-c2cc(C(=O)O)n(Cc3ccc(F)cc3)n2)c2ccccc21. The molecular weight excluding hydrogens is 357 g/mol. The van der Waals surface area contributed by atoms with Crippen LogP contribution in [0.3, 0.4) is 0 Å². The first kappa shape index (κ1) is 18.0. The van der Waals surface area contributed by atoms with Gasteiger partial charge in [0.25, 0.3) is 0 Å². The van der Waals surface area contributed by atoms with Crippen LogP contribution >= 0.6 is 0 Å². The van der Waals surface area contributed by atoms with Crippen LogP contribution < -0.4 is 0 Å². The Balaban J connectivity index is 1.80. The second-order valence-electron chi connectivity index (χ2n) is 6.76. The number of aromatic carboxylic acids is 1. The summed E-state index contributed by atoms with van der Waals surface area (Å²) in [6, 6.07) is 15.6.